The average Bonchev–Trinajstić information content (AvgIpc) is 2.87. The van der Waals surface area contributed by atoms with Crippen LogP contribution in [0.2, 0.25) is 0 Å². The van der Waals surface area contributed by atoms with Gasteiger partial charge in [-0.3, -0.25) is 0 Å². The summed E-state index contributed by atoms with van der Waals surface area (Å²) in [4.78, 5) is 0. The first-order valence-electron chi connectivity index (χ1n) is 14.8. The van der Waals surface area contributed by atoms with E-state index in [1.807, 2.05) is 13.0 Å². The van der Waals surface area contributed by atoms with E-state index in [4.69, 9.17) is 10.5 Å². The maximum absolute atomic E-state index is 12.4. The Bertz CT molecular complexity index is 982. The van der Waals surface area contributed by atoms with Crippen LogP contribution in [0.1, 0.15) is 102 Å². The fourth-order valence-corrected chi connectivity index (χ4v) is 4.63. The average molecular weight is 566 g/mol. The minimum atomic E-state index is -4.68. The Balaban J connectivity index is 1.87. The zero-order valence-electron chi connectivity index (χ0n) is 24.9. The van der Waals surface area contributed by atoms with Gasteiger partial charge < -0.3 is 20.3 Å². The third-order valence-corrected chi connectivity index (χ3v) is 7.12. The Labute approximate surface area is 239 Å². The van der Waals surface area contributed by atoms with Gasteiger partial charge in [0.15, 0.2) is 0 Å². The summed E-state index contributed by atoms with van der Waals surface area (Å²) >= 11 is 0. The zero-order chi connectivity index (χ0) is 29.7. The maximum Gasteiger partial charge on any atom is 0.573 e. The zero-order valence-corrected chi connectivity index (χ0v) is 24.9. The number of unbranched alkanes of at least 4 members (excludes halogenated alkanes) is 5. The summed E-state index contributed by atoms with van der Waals surface area (Å²) in [6, 6.07) is 12.3. The number of aryl methyl sites for hydroxylation is 3. The summed E-state index contributed by atoms with van der Waals surface area (Å²) in [5.41, 5.74) is 9.27. The molecule has 0 aliphatic rings. The van der Waals surface area contributed by atoms with E-state index < -0.39 is 11.9 Å². The summed E-state index contributed by atoms with van der Waals surface area (Å²) in [5.74, 6) is 0.677. The van der Waals surface area contributed by atoms with Crippen molar-refractivity contribution in [2.75, 3.05) is 13.2 Å². The molecule has 2 rings (SSSR count). The summed E-state index contributed by atoms with van der Waals surface area (Å²) in [6.07, 6.45) is 7.89. The molecule has 0 aromatic heterocycles. The smallest absolute Gasteiger partial charge is 0.493 e. The molecule has 0 aliphatic carbocycles. The highest BCUT2D eigenvalue weighted by Gasteiger charge is 2.30. The summed E-state index contributed by atoms with van der Waals surface area (Å²) in [7, 11) is 0. The Kier molecular flexibility index (Phi) is 13.8. The summed E-state index contributed by atoms with van der Waals surface area (Å²) in [5, 5.41) is 9.50. The molecule has 0 fully saturated rings. The summed E-state index contributed by atoms with van der Waals surface area (Å²) < 4.78 is 47.2. The molecule has 4 nitrogen and oxygen atoms in total. The molecule has 1 unspecified atom stereocenters. The van der Waals surface area contributed by atoms with Crippen molar-refractivity contribution in [1.29, 1.82) is 0 Å². The number of ether oxygens (including phenoxy) is 2. The quantitative estimate of drug-likeness (QED) is 0.178. The Morgan fingerprint density at radius 1 is 0.725 bits per heavy atom. The molecule has 1 atom stereocenters. The van der Waals surface area contributed by atoms with Gasteiger partial charge in [-0.25, -0.2) is 0 Å². The predicted molar refractivity (Wildman–Crippen MR) is 157 cm³/mol. The van der Waals surface area contributed by atoms with Crippen LogP contribution in [0.15, 0.2) is 42.5 Å². The molecular weight excluding hydrogens is 515 g/mol. The van der Waals surface area contributed by atoms with Gasteiger partial charge in [-0.05, 0) is 92.2 Å². The van der Waals surface area contributed by atoms with Crippen molar-refractivity contribution in [3.05, 3.63) is 59.2 Å². The van der Waals surface area contributed by atoms with E-state index in [0.29, 0.717) is 24.9 Å². The van der Waals surface area contributed by atoms with Crippen LogP contribution in [0, 0.1) is 5.41 Å². The molecule has 0 amide bonds. The van der Waals surface area contributed by atoms with Crippen LogP contribution in [0.4, 0.5) is 13.2 Å². The third-order valence-electron chi connectivity index (χ3n) is 7.12. The number of alkyl halides is 3. The first kappa shape index (κ1) is 34.0. The van der Waals surface area contributed by atoms with Gasteiger partial charge in [0.05, 0.1) is 13.2 Å². The van der Waals surface area contributed by atoms with E-state index >= 15 is 0 Å². The highest BCUT2D eigenvalue weighted by atomic mass is 19.4. The second-order valence-corrected chi connectivity index (χ2v) is 12.6. The number of halogens is 3. The topological polar surface area (TPSA) is 64.7 Å². The lowest BCUT2D eigenvalue weighted by Crippen LogP contribution is -2.40. The number of benzene rings is 2. The van der Waals surface area contributed by atoms with E-state index in [-0.39, 0.29) is 12.4 Å². The molecule has 0 spiro atoms. The monoisotopic (exact) mass is 565 g/mol. The lowest BCUT2D eigenvalue weighted by molar-refractivity contribution is -0.274. The molecular formula is C33H50F3NO3. The molecule has 226 valence electrons. The molecule has 0 heterocycles. The molecule has 40 heavy (non-hydrogen) atoms. The molecule has 0 saturated heterocycles. The number of hydrogen-bond donors (Lipinski definition) is 2. The minimum absolute atomic E-state index is 0.0467. The number of aliphatic hydroxyl groups is 1. The van der Waals surface area contributed by atoms with Crippen molar-refractivity contribution < 1.29 is 27.8 Å². The van der Waals surface area contributed by atoms with Gasteiger partial charge in [0.1, 0.15) is 11.5 Å². The second-order valence-electron chi connectivity index (χ2n) is 12.6. The van der Waals surface area contributed by atoms with Crippen LogP contribution in [-0.2, 0) is 19.3 Å². The normalized spacial score (nSPS) is 13.7. The maximum atomic E-state index is 12.4. The second kappa shape index (κ2) is 16.3. The van der Waals surface area contributed by atoms with Gasteiger partial charge >= 0.3 is 6.36 Å². The van der Waals surface area contributed by atoms with E-state index in [9.17, 15) is 18.3 Å². The van der Waals surface area contributed by atoms with E-state index in [2.05, 4.69) is 37.6 Å². The minimum Gasteiger partial charge on any atom is -0.493 e. The van der Waals surface area contributed by atoms with E-state index in [1.54, 1.807) is 12.1 Å². The first-order chi connectivity index (χ1) is 18.8. The van der Waals surface area contributed by atoms with Crippen LogP contribution in [0.25, 0.3) is 0 Å². The van der Waals surface area contributed by atoms with Gasteiger partial charge in [0, 0.05) is 5.54 Å². The lowest BCUT2D eigenvalue weighted by Gasteiger charge is -2.22. The van der Waals surface area contributed by atoms with E-state index in [1.165, 1.54) is 61.8 Å². The predicted octanol–water partition coefficient (Wildman–Crippen LogP) is 8.56. The van der Waals surface area contributed by atoms with Crippen LogP contribution >= 0.6 is 0 Å². The van der Waals surface area contributed by atoms with E-state index in [0.717, 1.165) is 37.0 Å². The molecule has 7 heteroatoms. The molecule has 0 aliphatic heterocycles. The molecule has 2 aromatic carbocycles. The van der Waals surface area contributed by atoms with Crippen molar-refractivity contribution in [3.63, 3.8) is 0 Å². The van der Waals surface area contributed by atoms with Crippen molar-refractivity contribution in [2.45, 2.75) is 117 Å². The molecule has 0 radical (unpaired) electrons. The molecule has 0 saturated carbocycles. The van der Waals surface area contributed by atoms with Gasteiger partial charge in [-0.2, -0.15) is 0 Å². The van der Waals surface area contributed by atoms with Gasteiger partial charge in [-0.15, -0.1) is 13.2 Å². The third kappa shape index (κ3) is 14.9. The van der Waals surface area contributed by atoms with Crippen LogP contribution in [0.3, 0.4) is 0 Å². The van der Waals surface area contributed by atoms with Crippen LogP contribution < -0.4 is 15.2 Å². The van der Waals surface area contributed by atoms with Crippen molar-refractivity contribution in [1.82, 2.24) is 0 Å². The number of hydrogen-bond acceptors (Lipinski definition) is 4. The largest absolute Gasteiger partial charge is 0.573 e. The fraction of sp³-hybridized carbons (Fsp3) is 0.636. The van der Waals surface area contributed by atoms with Crippen molar-refractivity contribution in [2.24, 2.45) is 11.1 Å². The van der Waals surface area contributed by atoms with Gasteiger partial charge in [0.25, 0.3) is 0 Å². The molecule has 3 N–H and O–H groups in total. The Morgan fingerprint density at radius 3 is 1.98 bits per heavy atom. The molecule has 2 aromatic rings. The fourth-order valence-electron chi connectivity index (χ4n) is 4.63. The SMILES string of the molecule is CC(C)(C)CCCCCCCCc1cc(CCC(C)(N)CO)ccc1OCCCc1ccc(OC(F)(F)F)cc1. The number of aliphatic hydroxyl groups excluding tert-OH is 1. The van der Waals surface area contributed by atoms with Gasteiger partial charge in [-0.1, -0.05) is 77.1 Å². The molecule has 0 bridgehead atoms. The number of nitrogens with two attached hydrogens (primary N) is 1. The summed E-state index contributed by atoms with van der Waals surface area (Å²) in [6.45, 7) is 9.23. The standard InChI is InChI=1S/C33H50F3NO3/c1-31(2,3)21-10-8-6-5-7-9-13-28-24-27(20-22-32(4,37)25-38)16-19-30(28)39-23-11-12-26-14-17-29(18-15-26)40-33(34,35)36/h14-19,24,38H,5-13,20-23,25,37H2,1-4H3. The van der Waals surface area contributed by atoms with Crippen molar-refractivity contribution >= 4 is 0 Å². The highest BCUT2D eigenvalue weighted by Crippen LogP contribution is 2.27. The Morgan fingerprint density at radius 2 is 1.35 bits per heavy atom. The Hall–Kier alpha value is -2.25. The highest BCUT2D eigenvalue weighted by molar-refractivity contribution is 5.38. The van der Waals surface area contributed by atoms with Gasteiger partial charge in [0.2, 0.25) is 0 Å². The van der Waals surface area contributed by atoms with Crippen LogP contribution in [-0.4, -0.2) is 30.2 Å². The number of rotatable bonds is 18. The first-order valence-corrected chi connectivity index (χ1v) is 14.8. The lowest BCUT2D eigenvalue weighted by atomic mass is 9.89. The van der Waals surface area contributed by atoms with Crippen molar-refractivity contribution in [3.8, 4) is 11.5 Å². The van der Waals surface area contributed by atoms with Crippen LogP contribution in [0.5, 0.6) is 11.5 Å².